The average molecular weight is 380 g/mol. The van der Waals surface area contributed by atoms with Gasteiger partial charge in [-0.2, -0.15) is 0 Å². The maximum atomic E-state index is 12.4. The highest BCUT2D eigenvalue weighted by Gasteiger charge is 2.16. The van der Waals surface area contributed by atoms with Gasteiger partial charge in [0.1, 0.15) is 5.01 Å². The molecule has 0 radical (unpaired) electrons. The monoisotopic (exact) mass is 379 g/mol. The molecule has 7 heteroatoms. The highest BCUT2D eigenvalue weighted by atomic mass is 32.2. The van der Waals surface area contributed by atoms with E-state index in [0.717, 1.165) is 42.3 Å². The number of likely N-dealkylation sites (tertiary alicyclic amines) is 1. The molecular formula is C18H25N3O2S2. The van der Waals surface area contributed by atoms with Crippen molar-refractivity contribution in [3.05, 3.63) is 45.9 Å². The lowest BCUT2D eigenvalue weighted by atomic mass is 10.1. The van der Waals surface area contributed by atoms with Gasteiger partial charge in [0, 0.05) is 11.9 Å². The van der Waals surface area contributed by atoms with Gasteiger partial charge in [-0.3, -0.25) is 4.90 Å². The highest BCUT2D eigenvalue weighted by Crippen LogP contribution is 2.17. The van der Waals surface area contributed by atoms with E-state index in [2.05, 4.69) is 14.6 Å². The van der Waals surface area contributed by atoms with E-state index in [-0.39, 0.29) is 6.54 Å². The third-order valence-corrected chi connectivity index (χ3v) is 6.80. The Balaban J connectivity index is 1.57. The predicted octanol–water partition coefficient (Wildman–Crippen LogP) is 3.17. The third kappa shape index (κ3) is 5.10. The number of aromatic nitrogens is 1. The molecule has 0 bridgehead atoms. The molecule has 136 valence electrons. The molecule has 0 unspecified atom stereocenters. The Morgan fingerprint density at radius 1 is 1.16 bits per heavy atom. The zero-order valence-corrected chi connectivity index (χ0v) is 16.2. The molecule has 0 aliphatic carbocycles. The van der Waals surface area contributed by atoms with Gasteiger partial charge in [-0.25, -0.2) is 18.1 Å². The van der Waals surface area contributed by atoms with Gasteiger partial charge in [0.15, 0.2) is 0 Å². The van der Waals surface area contributed by atoms with Crippen molar-refractivity contribution in [2.75, 3.05) is 13.1 Å². The molecule has 2 heterocycles. The number of nitrogens with zero attached hydrogens (tertiary/aromatic N) is 2. The second-order valence-corrected chi connectivity index (χ2v) is 9.10. The second kappa shape index (κ2) is 8.40. The van der Waals surface area contributed by atoms with Crippen LogP contribution in [0.4, 0.5) is 0 Å². The summed E-state index contributed by atoms with van der Waals surface area (Å²) in [7, 11) is -3.50. The topological polar surface area (TPSA) is 62.3 Å². The van der Waals surface area contributed by atoms with Crippen molar-refractivity contribution in [3.63, 3.8) is 0 Å². The summed E-state index contributed by atoms with van der Waals surface area (Å²) >= 11 is 1.52. The van der Waals surface area contributed by atoms with Crippen molar-refractivity contribution in [3.8, 4) is 0 Å². The number of sulfonamides is 1. The molecule has 0 amide bonds. The summed E-state index contributed by atoms with van der Waals surface area (Å²) in [5, 5.41) is 2.84. The first-order chi connectivity index (χ1) is 12.1. The third-order valence-electron chi connectivity index (χ3n) is 4.49. The van der Waals surface area contributed by atoms with Crippen molar-refractivity contribution in [2.45, 2.75) is 50.6 Å². The molecule has 2 aromatic rings. The van der Waals surface area contributed by atoms with Gasteiger partial charge in [0.25, 0.3) is 0 Å². The van der Waals surface area contributed by atoms with Crippen LogP contribution in [-0.2, 0) is 29.5 Å². The van der Waals surface area contributed by atoms with Crippen LogP contribution in [0.15, 0.2) is 34.5 Å². The van der Waals surface area contributed by atoms with Crippen LogP contribution in [0.1, 0.15) is 42.5 Å². The van der Waals surface area contributed by atoms with Gasteiger partial charge in [0.2, 0.25) is 10.0 Å². The van der Waals surface area contributed by atoms with Crippen LogP contribution in [-0.4, -0.2) is 31.4 Å². The van der Waals surface area contributed by atoms with Crippen LogP contribution in [0.3, 0.4) is 0 Å². The van der Waals surface area contributed by atoms with E-state index in [1.807, 2.05) is 24.4 Å². The highest BCUT2D eigenvalue weighted by molar-refractivity contribution is 7.89. The van der Waals surface area contributed by atoms with E-state index in [0.29, 0.717) is 4.90 Å². The molecule has 0 spiro atoms. The standard InChI is InChI=1S/C18H25N3O2S2/c1-2-15-6-8-17(9-7-15)25(22,23)19-12-18-20-16(14-24-18)13-21-10-4-3-5-11-21/h6-9,14,19H,2-5,10-13H2,1H3. The van der Waals surface area contributed by atoms with Crippen LogP contribution in [0, 0.1) is 0 Å². The molecule has 5 nitrogen and oxygen atoms in total. The quantitative estimate of drug-likeness (QED) is 0.803. The first-order valence-corrected chi connectivity index (χ1v) is 11.2. The average Bonchev–Trinajstić information content (AvgIpc) is 3.08. The smallest absolute Gasteiger partial charge is 0.240 e. The van der Waals surface area contributed by atoms with Crippen LogP contribution >= 0.6 is 11.3 Å². The summed E-state index contributed by atoms with van der Waals surface area (Å²) in [6.07, 6.45) is 4.73. The van der Waals surface area contributed by atoms with Crippen LogP contribution in [0.25, 0.3) is 0 Å². The van der Waals surface area contributed by atoms with Crippen molar-refractivity contribution >= 4 is 21.4 Å². The Kier molecular flexibility index (Phi) is 6.22. The molecule has 1 aliphatic heterocycles. The lowest BCUT2D eigenvalue weighted by Gasteiger charge is -2.25. The molecule has 1 aromatic heterocycles. The van der Waals surface area contributed by atoms with E-state index >= 15 is 0 Å². The zero-order valence-electron chi connectivity index (χ0n) is 14.6. The summed E-state index contributed by atoms with van der Waals surface area (Å²) in [5.41, 5.74) is 2.16. The second-order valence-electron chi connectivity index (χ2n) is 6.39. The van der Waals surface area contributed by atoms with Gasteiger partial charge in [-0.1, -0.05) is 25.5 Å². The number of benzene rings is 1. The number of piperidine rings is 1. The lowest BCUT2D eigenvalue weighted by molar-refractivity contribution is 0.219. The first kappa shape index (κ1) is 18.5. The first-order valence-electron chi connectivity index (χ1n) is 8.81. The Morgan fingerprint density at radius 2 is 1.88 bits per heavy atom. The summed E-state index contributed by atoms with van der Waals surface area (Å²) in [5.74, 6) is 0. The molecule has 3 rings (SSSR count). The van der Waals surface area contributed by atoms with Gasteiger partial charge < -0.3 is 0 Å². The van der Waals surface area contributed by atoms with Gasteiger partial charge in [-0.15, -0.1) is 11.3 Å². The largest absolute Gasteiger partial charge is 0.297 e. The SMILES string of the molecule is CCc1ccc(S(=O)(=O)NCc2nc(CN3CCCCC3)cs2)cc1. The Morgan fingerprint density at radius 3 is 2.56 bits per heavy atom. The molecule has 1 aliphatic rings. The molecular weight excluding hydrogens is 354 g/mol. The summed E-state index contributed by atoms with van der Waals surface area (Å²) in [4.78, 5) is 7.30. The van der Waals surface area contributed by atoms with Crippen LogP contribution in [0.2, 0.25) is 0 Å². The molecule has 1 fully saturated rings. The molecule has 0 atom stereocenters. The van der Waals surface area contributed by atoms with Gasteiger partial charge >= 0.3 is 0 Å². The Labute approximate surface area is 154 Å². The summed E-state index contributed by atoms with van der Waals surface area (Å²) in [6.45, 7) is 5.41. The van der Waals surface area contributed by atoms with E-state index in [1.54, 1.807) is 12.1 Å². The summed E-state index contributed by atoms with van der Waals surface area (Å²) in [6, 6.07) is 7.03. The minimum absolute atomic E-state index is 0.239. The zero-order chi connectivity index (χ0) is 17.7. The van der Waals surface area contributed by atoms with E-state index in [4.69, 9.17) is 0 Å². The van der Waals surface area contributed by atoms with Crippen molar-refractivity contribution < 1.29 is 8.42 Å². The fourth-order valence-corrected chi connectivity index (χ4v) is 4.80. The number of aryl methyl sites for hydroxylation is 1. The molecule has 1 aromatic carbocycles. The van der Waals surface area contributed by atoms with E-state index < -0.39 is 10.0 Å². The minimum Gasteiger partial charge on any atom is -0.297 e. The maximum absolute atomic E-state index is 12.4. The predicted molar refractivity (Wildman–Crippen MR) is 101 cm³/mol. The Hall–Kier alpha value is -1.28. The molecule has 0 saturated carbocycles. The fraction of sp³-hybridized carbons (Fsp3) is 0.500. The normalized spacial score (nSPS) is 16.2. The van der Waals surface area contributed by atoms with Crippen LogP contribution < -0.4 is 4.72 Å². The lowest BCUT2D eigenvalue weighted by Crippen LogP contribution is -2.29. The van der Waals surface area contributed by atoms with Gasteiger partial charge in [-0.05, 0) is 50.0 Å². The maximum Gasteiger partial charge on any atom is 0.240 e. The van der Waals surface area contributed by atoms with Crippen molar-refractivity contribution in [1.29, 1.82) is 0 Å². The minimum atomic E-state index is -3.50. The molecule has 1 N–H and O–H groups in total. The fourth-order valence-electron chi connectivity index (χ4n) is 2.99. The number of nitrogens with one attached hydrogen (secondary N) is 1. The van der Waals surface area contributed by atoms with Crippen LogP contribution in [0.5, 0.6) is 0 Å². The number of hydrogen-bond acceptors (Lipinski definition) is 5. The number of thiazole rings is 1. The van der Waals surface area contributed by atoms with Gasteiger partial charge in [0.05, 0.1) is 17.1 Å². The number of hydrogen-bond donors (Lipinski definition) is 1. The van der Waals surface area contributed by atoms with E-state index in [9.17, 15) is 8.42 Å². The number of rotatable bonds is 7. The molecule has 1 saturated heterocycles. The van der Waals surface area contributed by atoms with E-state index in [1.165, 1.54) is 30.6 Å². The molecule has 25 heavy (non-hydrogen) atoms. The van der Waals surface area contributed by atoms with Crippen molar-refractivity contribution in [2.24, 2.45) is 0 Å². The Bertz CT molecular complexity index is 779. The van der Waals surface area contributed by atoms with Crippen molar-refractivity contribution in [1.82, 2.24) is 14.6 Å². The summed E-state index contributed by atoms with van der Waals surface area (Å²) < 4.78 is 27.4.